The number of ether oxygens (including phenoxy) is 4. The Labute approximate surface area is 631 Å². The molecule has 0 aliphatic rings. The van der Waals surface area contributed by atoms with Crippen LogP contribution in [0, 0.1) is 0 Å². The highest BCUT2D eigenvalue weighted by Gasteiger charge is 2.30. The van der Waals surface area contributed by atoms with Gasteiger partial charge < -0.3 is 33.8 Å². The first-order chi connectivity index (χ1) is 50.7. The van der Waals surface area contributed by atoms with Crippen molar-refractivity contribution in [2.24, 2.45) is 0 Å². The van der Waals surface area contributed by atoms with E-state index in [1.807, 2.05) is 0 Å². The average Bonchev–Trinajstić information content (AvgIpc) is 0.939. The number of rotatable bonds is 75. The zero-order chi connectivity index (χ0) is 76.0. The summed E-state index contributed by atoms with van der Waals surface area (Å²) in [5.41, 5.74) is 0. The third kappa shape index (κ3) is 75.4. The van der Waals surface area contributed by atoms with Crippen molar-refractivity contribution >= 4 is 39.5 Å². The molecule has 0 aliphatic heterocycles. The quantitative estimate of drug-likeness (QED) is 0.0169. The summed E-state index contributed by atoms with van der Waals surface area (Å²) in [4.78, 5) is 73.1. The van der Waals surface area contributed by atoms with E-state index < -0.39 is 97.5 Å². The lowest BCUT2D eigenvalue weighted by atomic mass is 10.0. The molecule has 17 nitrogen and oxygen atoms in total. The monoisotopic (exact) mass is 1500 g/mol. The van der Waals surface area contributed by atoms with Gasteiger partial charge in [-0.25, -0.2) is 9.13 Å². The molecule has 0 saturated heterocycles. The van der Waals surface area contributed by atoms with E-state index in [0.29, 0.717) is 32.1 Å². The van der Waals surface area contributed by atoms with Crippen molar-refractivity contribution in [3.63, 3.8) is 0 Å². The van der Waals surface area contributed by atoms with Gasteiger partial charge in [-0.1, -0.05) is 296 Å². The zero-order valence-corrected chi connectivity index (χ0v) is 66.9. The van der Waals surface area contributed by atoms with Crippen LogP contribution in [-0.2, 0) is 65.4 Å². The van der Waals surface area contributed by atoms with Gasteiger partial charge in [0.2, 0.25) is 0 Å². The maximum atomic E-state index is 13.1. The third-order valence-corrected chi connectivity index (χ3v) is 18.5. The minimum absolute atomic E-state index is 0.0380. The molecule has 0 aliphatic carbocycles. The number of unbranched alkanes of at least 4 members (excludes halogenated alkanes) is 27. The molecule has 0 spiro atoms. The molecule has 5 unspecified atom stereocenters. The number of hydrogen-bond donors (Lipinski definition) is 3. The summed E-state index contributed by atoms with van der Waals surface area (Å²) in [6.07, 6.45) is 85.7. The van der Waals surface area contributed by atoms with Gasteiger partial charge in [-0.05, 0) is 135 Å². The fourth-order valence-electron chi connectivity index (χ4n) is 10.6. The van der Waals surface area contributed by atoms with Crippen LogP contribution in [0.25, 0.3) is 0 Å². The largest absolute Gasteiger partial charge is 0.472 e. The fraction of sp³-hybridized carbons (Fsp3) is 0.694. The number of phosphoric acid groups is 2. The van der Waals surface area contributed by atoms with Gasteiger partial charge in [-0.15, -0.1) is 0 Å². The van der Waals surface area contributed by atoms with Crippen LogP contribution in [0.1, 0.15) is 323 Å². The Kier molecular flexibility index (Phi) is 72.9. The number of aliphatic hydroxyl groups excluding tert-OH is 1. The number of carbonyl (C=O) groups excluding carboxylic acids is 4. The van der Waals surface area contributed by atoms with Crippen molar-refractivity contribution in [1.82, 2.24) is 0 Å². The molecule has 0 rings (SSSR count). The van der Waals surface area contributed by atoms with Crippen molar-refractivity contribution in [1.29, 1.82) is 0 Å². The van der Waals surface area contributed by atoms with Crippen LogP contribution < -0.4 is 0 Å². The van der Waals surface area contributed by atoms with E-state index in [0.717, 1.165) is 186 Å². The van der Waals surface area contributed by atoms with Gasteiger partial charge in [-0.2, -0.15) is 0 Å². The lowest BCUT2D eigenvalue weighted by Gasteiger charge is -2.21. The Morgan fingerprint density at radius 3 is 0.788 bits per heavy atom. The number of phosphoric ester groups is 2. The van der Waals surface area contributed by atoms with Crippen molar-refractivity contribution in [3.8, 4) is 0 Å². The maximum absolute atomic E-state index is 13.1. The van der Waals surface area contributed by atoms with Crippen LogP contribution in [0.5, 0.6) is 0 Å². The number of hydrogen-bond acceptors (Lipinski definition) is 15. The Morgan fingerprint density at radius 1 is 0.279 bits per heavy atom. The van der Waals surface area contributed by atoms with Gasteiger partial charge in [0, 0.05) is 25.7 Å². The molecule has 596 valence electrons. The molecule has 0 radical (unpaired) electrons. The summed E-state index contributed by atoms with van der Waals surface area (Å²) in [5.74, 6) is -2.24. The minimum Gasteiger partial charge on any atom is -0.462 e. The second kappa shape index (κ2) is 76.4. The first kappa shape index (κ1) is 99.2. The van der Waals surface area contributed by atoms with E-state index in [1.54, 1.807) is 0 Å². The van der Waals surface area contributed by atoms with E-state index in [9.17, 15) is 43.2 Å². The Bertz CT molecular complexity index is 2490. The van der Waals surface area contributed by atoms with Gasteiger partial charge in [0.25, 0.3) is 0 Å². The highest BCUT2D eigenvalue weighted by Crippen LogP contribution is 2.45. The third-order valence-electron chi connectivity index (χ3n) is 16.6. The molecule has 0 bridgehead atoms. The molecular weight excluding hydrogens is 1350 g/mol. The SMILES string of the molecule is CC/C=C\C/C=C\C/C=C\C/C=C\CCCCCCCCC(=O)OCC(COP(=O)(O)OCC(O)COP(=O)(O)OCC(COC(=O)CCCCCCCCC/C=C\C/C=C\C/C=C\CC)OC(=O)CCCC/C=C\C/C=C\C/C=C\C/C=C\CC)OC(=O)CCCCCCCCCCCCCCC. The lowest BCUT2D eigenvalue weighted by Crippen LogP contribution is -2.30. The predicted octanol–water partition coefficient (Wildman–Crippen LogP) is 23.7. The first-order valence-corrected chi connectivity index (χ1v) is 43.4. The fourth-order valence-corrected chi connectivity index (χ4v) is 12.1. The van der Waals surface area contributed by atoms with Crippen molar-refractivity contribution in [2.45, 2.75) is 341 Å². The van der Waals surface area contributed by atoms with Gasteiger partial charge in [-0.3, -0.25) is 37.3 Å². The van der Waals surface area contributed by atoms with E-state index in [2.05, 4.69) is 161 Å². The average molecular weight is 1500 g/mol. The molecule has 104 heavy (non-hydrogen) atoms. The predicted molar refractivity (Wildman–Crippen MR) is 427 cm³/mol. The zero-order valence-electron chi connectivity index (χ0n) is 65.2. The van der Waals surface area contributed by atoms with Crippen molar-refractivity contribution in [3.05, 3.63) is 134 Å². The van der Waals surface area contributed by atoms with E-state index in [-0.39, 0.29) is 25.7 Å². The summed E-state index contributed by atoms with van der Waals surface area (Å²) in [5, 5.41) is 10.6. The van der Waals surface area contributed by atoms with Crippen LogP contribution in [0.15, 0.2) is 134 Å². The van der Waals surface area contributed by atoms with E-state index in [1.165, 1.54) is 51.4 Å². The molecule has 0 heterocycles. The van der Waals surface area contributed by atoms with Crippen LogP contribution in [0.3, 0.4) is 0 Å². The standard InChI is InChI=1S/C85H144O17P2/c1-5-9-13-17-21-25-29-33-36-38-39-41-44-47-50-54-58-62-66-70-83(88)95-75-80(101-84(89)71-67-63-59-55-51-45-32-28-24-20-16-12-8-4)77-99-103(91,92)97-73-79(86)74-98-104(93,94)100-78-81(102-85(90)72-68-64-60-56-52-48-42-35-31-27-23-19-15-11-7-3)76-96-82(87)69-65-61-57-53-49-46-43-40-37-34-30-26-22-18-14-10-6-2/h9-11,13-15,21-23,25-27,33-37,39,41-42,52,56,79-81,86H,5-8,12,16-20,24,28-32,38,40,43-51,53-55,57-78H2,1-4H3,(H,91,92)(H,93,94)/b13-9-,14-10-,15-11-,25-21-,26-22-,27-23-,36-33-,37-34-,41-39-,42-35-,56-52-. The highest BCUT2D eigenvalue weighted by molar-refractivity contribution is 7.47. The van der Waals surface area contributed by atoms with Crippen molar-refractivity contribution < 1.29 is 80.2 Å². The smallest absolute Gasteiger partial charge is 0.462 e. The second-order valence-electron chi connectivity index (χ2n) is 26.6. The normalized spacial score (nSPS) is 14.6. The summed E-state index contributed by atoms with van der Waals surface area (Å²) < 4.78 is 68.6. The molecule has 3 N–H and O–H groups in total. The Hall–Kier alpha value is -4.80. The topological polar surface area (TPSA) is 237 Å². The number of carbonyl (C=O) groups is 4. The molecular formula is C85H144O17P2. The lowest BCUT2D eigenvalue weighted by molar-refractivity contribution is -0.161. The molecule has 5 atom stereocenters. The van der Waals surface area contributed by atoms with Crippen LogP contribution in [0.2, 0.25) is 0 Å². The van der Waals surface area contributed by atoms with Gasteiger partial charge in [0.1, 0.15) is 19.3 Å². The Morgan fingerprint density at radius 2 is 0.500 bits per heavy atom. The molecule has 0 amide bonds. The van der Waals surface area contributed by atoms with Crippen LogP contribution >= 0.6 is 15.6 Å². The maximum Gasteiger partial charge on any atom is 0.472 e. The van der Waals surface area contributed by atoms with Crippen molar-refractivity contribution in [2.75, 3.05) is 39.6 Å². The molecule has 0 saturated carbocycles. The molecule has 19 heteroatoms. The summed E-state index contributed by atoms with van der Waals surface area (Å²) in [6, 6.07) is 0. The number of esters is 4. The summed E-state index contributed by atoms with van der Waals surface area (Å²) in [7, 11) is -9.98. The number of allylic oxidation sites excluding steroid dienone is 22. The summed E-state index contributed by atoms with van der Waals surface area (Å²) in [6.45, 7) is 4.49. The molecule has 0 aromatic heterocycles. The van der Waals surface area contributed by atoms with Crippen LogP contribution in [-0.4, -0.2) is 96.7 Å². The van der Waals surface area contributed by atoms with Gasteiger partial charge >= 0.3 is 39.5 Å². The highest BCUT2D eigenvalue weighted by atomic mass is 31.2. The second-order valence-corrected chi connectivity index (χ2v) is 29.5. The van der Waals surface area contributed by atoms with Gasteiger partial charge in [0.15, 0.2) is 12.2 Å². The van der Waals surface area contributed by atoms with Crippen LogP contribution in [0.4, 0.5) is 0 Å². The molecule has 0 aromatic carbocycles. The minimum atomic E-state index is -4.99. The van der Waals surface area contributed by atoms with E-state index >= 15 is 0 Å². The first-order valence-electron chi connectivity index (χ1n) is 40.4. The Balaban J connectivity index is 5.38. The van der Waals surface area contributed by atoms with Gasteiger partial charge in [0.05, 0.1) is 26.4 Å². The number of aliphatic hydroxyl groups is 1. The molecule has 0 aromatic rings. The van der Waals surface area contributed by atoms with E-state index in [4.69, 9.17) is 37.0 Å². The molecule has 0 fully saturated rings. The summed E-state index contributed by atoms with van der Waals surface area (Å²) >= 11 is 0.